The van der Waals surface area contributed by atoms with Crippen LogP contribution in [0, 0.1) is 6.92 Å². The molecule has 2 nitrogen and oxygen atoms in total. The third kappa shape index (κ3) is 2.05. The van der Waals surface area contributed by atoms with Crippen LogP contribution in [0.15, 0.2) is 0 Å². The van der Waals surface area contributed by atoms with Gasteiger partial charge in [-0.05, 0) is 6.92 Å². The van der Waals surface area contributed by atoms with E-state index < -0.39 is 0 Å². The normalized spacial score (nSPS) is 8.78. The summed E-state index contributed by atoms with van der Waals surface area (Å²) in [5.41, 5.74) is 0. The molecule has 9 heavy (non-hydrogen) atoms. The molecular weight excluding hydrogens is 182 g/mol. The molecule has 0 fully saturated rings. The Morgan fingerprint density at radius 3 is 2.11 bits per heavy atom. The van der Waals surface area contributed by atoms with Crippen LogP contribution in [-0.4, -0.2) is 9.97 Å². The van der Waals surface area contributed by atoms with Gasteiger partial charge in [-0.25, -0.2) is 4.98 Å². The molecule has 0 radical (unpaired) electrons. The highest BCUT2D eigenvalue weighted by molar-refractivity contribution is 6.40. The molecule has 0 amide bonds. The molecule has 0 saturated carbocycles. The molecule has 1 aromatic rings. The molecule has 0 aliphatic rings. The van der Waals surface area contributed by atoms with Crippen molar-refractivity contribution >= 4 is 35.6 Å². The van der Waals surface area contributed by atoms with E-state index in [1.807, 2.05) is 0 Å². The van der Waals surface area contributed by atoms with Crippen molar-refractivity contribution in [3.63, 3.8) is 0 Å². The van der Waals surface area contributed by atoms with Crippen LogP contribution in [0.5, 0.6) is 0 Å². The van der Waals surface area contributed by atoms with Gasteiger partial charge in [0.05, 0.1) is 0 Å². The Kier molecular flexibility index (Phi) is 3.33. The standard InChI is InChI=1S/C4H4Cl2N2.ClH/c1-2-7-3(5)4(6)8-2;/h1H3,(H,7,8);1H. The van der Waals surface area contributed by atoms with E-state index in [0.29, 0.717) is 10.3 Å². The molecule has 0 aliphatic carbocycles. The fourth-order valence-electron chi connectivity index (χ4n) is 0.435. The average molecular weight is 187 g/mol. The molecule has 0 bridgehead atoms. The van der Waals surface area contributed by atoms with Crippen LogP contribution in [0.2, 0.25) is 10.3 Å². The smallest absolute Gasteiger partial charge is 0.166 e. The fraction of sp³-hybridized carbons (Fsp3) is 0.250. The molecule has 1 heterocycles. The second kappa shape index (κ2) is 3.30. The Bertz CT molecular complexity index is 176. The van der Waals surface area contributed by atoms with Crippen LogP contribution in [0.25, 0.3) is 0 Å². The first-order valence-electron chi connectivity index (χ1n) is 2.08. The Hall–Kier alpha value is 0.0800. The van der Waals surface area contributed by atoms with E-state index in [-0.39, 0.29) is 12.4 Å². The van der Waals surface area contributed by atoms with Gasteiger partial charge in [0.15, 0.2) is 5.15 Å². The summed E-state index contributed by atoms with van der Waals surface area (Å²) in [5.74, 6) is 0.736. The third-order valence-electron chi connectivity index (χ3n) is 0.738. The maximum atomic E-state index is 5.48. The van der Waals surface area contributed by atoms with Gasteiger partial charge in [0, 0.05) is 0 Å². The van der Waals surface area contributed by atoms with Gasteiger partial charge in [-0.1, -0.05) is 23.2 Å². The highest BCUT2D eigenvalue weighted by Crippen LogP contribution is 2.16. The zero-order chi connectivity index (χ0) is 6.15. The average Bonchev–Trinajstić information content (AvgIpc) is 1.85. The number of nitrogens with one attached hydrogen (secondary N) is 1. The fourth-order valence-corrected chi connectivity index (χ4v) is 0.788. The molecule has 52 valence electrons. The van der Waals surface area contributed by atoms with Gasteiger partial charge < -0.3 is 4.98 Å². The van der Waals surface area contributed by atoms with Crippen LogP contribution in [-0.2, 0) is 0 Å². The number of nitrogens with zero attached hydrogens (tertiary/aromatic N) is 1. The van der Waals surface area contributed by atoms with Gasteiger partial charge in [-0.15, -0.1) is 12.4 Å². The summed E-state index contributed by atoms with van der Waals surface area (Å²) < 4.78 is 0. The number of aromatic nitrogens is 2. The molecule has 1 rings (SSSR count). The Morgan fingerprint density at radius 2 is 2.00 bits per heavy atom. The minimum Gasteiger partial charge on any atom is -0.332 e. The molecule has 1 N–H and O–H groups in total. The first kappa shape index (κ1) is 9.08. The van der Waals surface area contributed by atoms with E-state index in [1.165, 1.54) is 0 Å². The summed E-state index contributed by atoms with van der Waals surface area (Å²) >= 11 is 10.9. The van der Waals surface area contributed by atoms with Gasteiger partial charge in [-0.3, -0.25) is 0 Å². The largest absolute Gasteiger partial charge is 0.332 e. The Morgan fingerprint density at radius 1 is 1.44 bits per heavy atom. The second-order valence-corrected chi connectivity index (χ2v) is 2.16. The van der Waals surface area contributed by atoms with E-state index in [1.54, 1.807) is 6.92 Å². The molecule has 1 aromatic heterocycles. The quantitative estimate of drug-likeness (QED) is 0.664. The molecular formula is C4H5Cl3N2. The third-order valence-corrected chi connectivity index (χ3v) is 1.38. The van der Waals surface area contributed by atoms with E-state index in [9.17, 15) is 0 Å². The van der Waals surface area contributed by atoms with E-state index >= 15 is 0 Å². The molecule has 0 atom stereocenters. The predicted molar refractivity (Wildman–Crippen MR) is 40.6 cm³/mol. The van der Waals surface area contributed by atoms with Crippen molar-refractivity contribution in [3.05, 3.63) is 16.1 Å². The van der Waals surface area contributed by atoms with Gasteiger partial charge in [0.2, 0.25) is 0 Å². The minimum atomic E-state index is 0. The molecule has 0 spiro atoms. The van der Waals surface area contributed by atoms with Crippen LogP contribution in [0.4, 0.5) is 0 Å². The maximum Gasteiger partial charge on any atom is 0.166 e. The van der Waals surface area contributed by atoms with E-state index in [0.717, 1.165) is 5.82 Å². The van der Waals surface area contributed by atoms with E-state index in [4.69, 9.17) is 23.2 Å². The summed E-state index contributed by atoms with van der Waals surface area (Å²) in [4.78, 5) is 6.52. The highest BCUT2D eigenvalue weighted by atomic mass is 35.5. The van der Waals surface area contributed by atoms with Crippen molar-refractivity contribution in [2.75, 3.05) is 0 Å². The number of hydrogen-bond acceptors (Lipinski definition) is 1. The summed E-state index contributed by atoms with van der Waals surface area (Å²) in [6.07, 6.45) is 0. The van der Waals surface area contributed by atoms with Crippen molar-refractivity contribution < 1.29 is 0 Å². The number of H-pyrrole nitrogens is 1. The van der Waals surface area contributed by atoms with Crippen molar-refractivity contribution in [2.24, 2.45) is 0 Å². The van der Waals surface area contributed by atoms with Gasteiger partial charge in [-0.2, -0.15) is 0 Å². The number of hydrogen-bond donors (Lipinski definition) is 1. The lowest BCUT2D eigenvalue weighted by atomic mass is 10.8. The van der Waals surface area contributed by atoms with Gasteiger partial charge in [0.25, 0.3) is 0 Å². The van der Waals surface area contributed by atoms with Crippen LogP contribution in [0.3, 0.4) is 0 Å². The number of rotatable bonds is 0. The van der Waals surface area contributed by atoms with Gasteiger partial charge in [0.1, 0.15) is 11.0 Å². The van der Waals surface area contributed by atoms with Crippen molar-refractivity contribution in [2.45, 2.75) is 6.92 Å². The highest BCUT2D eigenvalue weighted by Gasteiger charge is 1.99. The van der Waals surface area contributed by atoms with Crippen LogP contribution in [0.1, 0.15) is 5.82 Å². The lowest BCUT2D eigenvalue weighted by Gasteiger charge is -1.73. The molecule has 0 saturated heterocycles. The lowest BCUT2D eigenvalue weighted by molar-refractivity contribution is 1.15. The van der Waals surface area contributed by atoms with Crippen molar-refractivity contribution in [3.8, 4) is 0 Å². The molecule has 0 aromatic carbocycles. The molecule has 0 aliphatic heterocycles. The summed E-state index contributed by atoms with van der Waals surface area (Å²) in [5, 5.41) is 0.744. The number of aryl methyl sites for hydroxylation is 1. The first-order valence-corrected chi connectivity index (χ1v) is 2.83. The van der Waals surface area contributed by atoms with Crippen LogP contribution < -0.4 is 0 Å². The number of aromatic amines is 1. The van der Waals surface area contributed by atoms with Crippen molar-refractivity contribution in [1.82, 2.24) is 9.97 Å². The predicted octanol–water partition coefficient (Wildman–Crippen LogP) is 2.45. The zero-order valence-electron chi connectivity index (χ0n) is 4.61. The second-order valence-electron chi connectivity index (χ2n) is 1.43. The summed E-state index contributed by atoms with van der Waals surface area (Å²) in [7, 11) is 0. The monoisotopic (exact) mass is 186 g/mol. The number of halogens is 3. The molecule has 0 unspecified atom stereocenters. The van der Waals surface area contributed by atoms with Crippen molar-refractivity contribution in [1.29, 1.82) is 0 Å². The van der Waals surface area contributed by atoms with Crippen LogP contribution >= 0.6 is 35.6 Å². The summed E-state index contributed by atoms with van der Waals surface area (Å²) in [6.45, 7) is 1.79. The first-order chi connectivity index (χ1) is 3.70. The Labute approximate surface area is 69.0 Å². The van der Waals surface area contributed by atoms with E-state index in [2.05, 4.69) is 9.97 Å². The maximum absolute atomic E-state index is 5.48. The number of imidazole rings is 1. The topological polar surface area (TPSA) is 28.7 Å². The molecule has 5 heteroatoms. The van der Waals surface area contributed by atoms with Gasteiger partial charge >= 0.3 is 0 Å². The SMILES string of the molecule is Cc1nc(Cl)c(Cl)[nH]1.Cl. The minimum absolute atomic E-state index is 0. The lowest BCUT2D eigenvalue weighted by Crippen LogP contribution is -1.68. The zero-order valence-corrected chi connectivity index (χ0v) is 6.94. The Balaban J connectivity index is 0.000000640. The summed E-state index contributed by atoms with van der Waals surface area (Å²) in [6, 6.07) is 0.